The van der Waals surface area contributed by atoms with Crippen molar-refractivity contribution in [2.24, 2.45) is 12.0 Å². The van der Waals surface area contributed by atoms with Crippen molar-refractivity contribution in [3.8, 4) is 0 Å². The number of halogens is 1. The first-order chi connectivity index (χ1) is 9.65. The number of aryl methyl sites for hydroxylation is 1. The van der Waals surface area contributed by atoms with Crippen LogP contribution < -0.4 is 0 Å². The number of aliphatic imine (C=N–C) groups is 1. The van der Waals surface area contributed by atoms with Crippen LogP contribution in [0.15, 0.2) is 34.6 Å². The van der Waals surface area contributed by atoms with Crippen molar-refractivity contribution >= 4 is 29.4 Å². The largest absolute Gasteiger partial charge is 0.297 e. The third-order valence-corrected chi connectivity index (χ3v) is 3.88. The maximum Gasteiger partial charge on any atom is 0.207 e. The molecule has 1 aromatic rings. The molecule has 0 bridgehead atoms. The number of rotatable bonds is 2. The highest BCUT2D eigenvalue weighted by Crippen LogP contribution is 2.39. The van der Waals surface area contributed by atoms with E-state index in [-0.39, 0.29) is 17.4 Å². The Kier molecular flexibility index (Phi) is 3.14. The molecule has 0 spiro atoms. The van der Waals surface area contributed by atoms with E-state index in [9.17, 15) is 9.59 Å². The Morgan fingerprint density at radius 1 is 1.55 bits per heavy atom. The normalized spacial score (nSPS) is 20.7. The van der Waals surface area contributed by atoms with E-state index >= 15 is 0 Å². The number of carbonyl (C=O) groups is 2. The van der Waals surface area contributed by atoms with Crippen molar-refractivity contribution in [1.29, 1.82) is 0 Å². The van der Waals surface area contributed by atoms with Gasteiger partial charge in [-0.2, -0.15) is 5.10 Å². The van der Waals surface area contributed by atoms with Crippen LogP contribution in [0.25, 0.3) is 0 Å². The van der Waals surface area contributed by atoms with E-state index in [1.165, 1.54) is 4.68 Å². The summed E-state index contributed by atoms with van der Waals surface area (Å²) in [5.41, 5.74) is 2.39. The summed E-state index contributed by atoms with van der Waals surface area (Å²) >= 11 is 5.73. The summed E-state index contributed by atoms with van der Waals surface area (Å²) in [4.78, 5) is 28.9. The van der Waals surface area contributed by atoms with Crippen molar-refractivity contribution < 1.29 is 9.59 Å². The summed E-state index contributed by atoms with van der Waals surface area (Å²) in [5.74, 6) is -0.848. The molecule has 1 atom stereocenters. The quantitative estimate of drug-likeness (QED) is 0.780. The van der Waals surface area contributed by atoms with Gasteiger partial charge in [0.25, 0.3) is 0 Å². The Bertz CT molecular complexity index is 697. The van der Waals surface area contributed by atoms with Gasteiger partial charge in [0.1, 0.15) is 5.69 Å². The summed E-state index contributed by atoms with van der Waals surface area (Å²) in [6.07, 6.45) is 6.98. The highest BCUT2D eigenvalue weighted by molar-refractivity contribution is 6.29. The van der Waals surface area contributed by atoms with E-state index in [0.717, 1.165) is 0 Å². The lowest BCUT2D eigenvalue weighted by Gasteiger charge is -2.24. The number of allylic oxidation sites excluding steroid dienone is 3. The molecular formula is C14H12ClN3O2. The summed E-state index contributed by atoms with van der Waals surface area (Å²) in [6, 6.07) is 0. The molecule has 3 rings (SSSR count). The maximum absolute atomic E-state index is 12.6. The Balaban J connectivity index is 2.25. The molecule has 5 nitrogen and oxygen atoms in total. The van der Waals surface area contributed by atoms with Crippen LogP contribution in [-0.4, -0.2) is 33.4 Å². The van der Waals surface area contributed by atoms with Gasteiger partial charge < -0.3 is 0 Å². The summed E-state index contributed by atoms with van der Waals surface area (Å²) in [6.45, 7) is 0. The average molecular weight is 290 g/mol. The van der Waals surface area contributed by atoms with Crippen molar-refractivity contribution in [3.05, 3.63) is 40.9 Å². The van der Waals surface area contributed by atoms with Gasteiger partial charge in [0.05, 0.1) is 18.0 Å². The van der Waals surface area contributed by atoms with Gasteiger partial charge in [0, 0.05) is 37.0 Å². The molecule has 102 valence electrons. The smallest absolute Gasteiger partial charge is 0.207 e. The number of aromatic nitrogens is 2. The lowest BCUT2D eigenvalue weighted by atomic mass is 9.77. The number of Topliss-reactive ketones (excluding diaryl/α,β-unsaturated/α-hetero) is 2. The third kappa shape index (κ3) is 1.78. The van der Waals surface area contributed by atoms with Crippen molar-refractivity contribution in [2.75, 3.05) is 5.88 Å². The SMILES string of the molecule is Cn1ncc2c1C(=O)C1=C(C=CN=CC1)C2C(=O)CCl. The molecule has 0 amide bonds. The molecule has 0 aromatic carbocycles. The minimum atomic E-state index is -0.526. The summed E-state index contributed by atoms with van der Waals surface area (Å²) in [5, 5.41) is 4.11. The van der Waals surface area contributed by atoms with Crippen LogP contribution >= 0.6 is 11.6 Å². The van der Waals surface area contributed by atoms with Crippen LogP contribution in [0.5, 0.6) is 0 Å². The van der Waals surface area contributed by atoms with E-state index < -0.39 is 5.92 Å². The van der Waals surface area contributed by atoms with Gasteiger partial charge in [0.15, 0.2) is 5.78 Å². The fourth-order valence-electron chi connectivity index (χ4n) is 2.72. The Morgan fingerprint density at radius 2 is 2.35 bits per heavy atom. The van der Waals surface area contributed by atoms with Crippen molar-refractivity contribution in [2.45, 2.75) is 12.3 Å². The molecule has 1 aliphatic carbocycles. The predicted octanol–water partition coefficient (Wildman–Crippen LogP) is 1.79. The third-order valence-electron chi connectivity index (χ3n) is 3.62. The number of ketones is 2. The molecule has 0 fully saturated rings. The van der Waals surface area contributed by atoms with Crippen molar-refractivity contribution in [3.63, 3.8) is 0 Å². The number of hydrogen-bond acceptors (Lipinski definition) is 4. The molecule has 1 aliphatic heterocycles. The van der Waals surface area contributed by atoms with Gasteiger partial charge in [-0.3, -0.25) is 19.3 Å². The van der Waals surface area contributed by atoms with Gasteiger partial charge in [-0.25, -0.2) is 0 Å². The highest BCUT2D eigenvalue weighted by atomic mass is 35.5. The topological polar surface area (TPSA) is 64.3 Å². The van der Waals surface area contributed by atoms with Crippen LogP contribution in [-0.2, 0) is 11.8 Å². The molecule has 2 heterocycles. The molecule has 1 aromatic heterocycles. The molecule has 0 N–H and O–H groups in total. The molecule has 0 saturated heterocycles. The van der Waals surface area contributed by atoms with Gasteiger partial charge in [-0.1, -0.05) is 0 Å². The average Bonchev–Trinajstić information content (AvgIpc) is 2.68. The van der Waals surface area contributed by atoms with Crippen LogP contribution in [0.3, 0.4) is 0 Å². The maximum atomic E-state index is 12.6. The first-order valence-electron chi connectivity index (χ1n) is 6.21. The van der Waals surface area contributed by atoms with Gasteiger partial charge in [0.2, 0.25) is 5.78 Å². The van der Waals surface area contributed by atoms with E-state index in [0.29, 0.717) is 28.8 Å². The Morgan fingerprint density at radius 3 is 3.10 bits per heavy atom. The Labute approximate surface area is 120 Å². The standard InChI is InChI=1S/C14H12ClN3O2/c1-18-13-10(7-17-18)12(11(19)6-15)8-2-4-16-5-3-9(8)14(13)20/h2,4-5,7,12H,3,6H2,1H3. The van der Waals surface area contributed by atoms with Gasteiger partial charge in [-0.15, -0.1) is 11.6 Å². The lowest BCUT2D eigenvalue weighted by molar-refractivity contribution is -0.117. The summed E-state index contributed by atoms with van der Waals surface area (Å²) < 4.78 is 1.52. The van der Waals surface area contributed by atoms with Crippen LogP contribution in [0.2, 0.25) is 0 Å². The number of carbonyl (C=O) groups excluding carboxylic acids is 2. The van der Waals surface area contributed by atoms with Gasteiger partial charge >= 0.3 is 0 Å². The lowest BCUT2D eigenvalue weighted by Crippen LogP contribution is -2.26. The zero-order valence-corrected chi connectivity index (χ0v) is 11.6. The fourth-order valence-corrected chi connectivity index (χ4v) is 2.87. The summed E-state index contributed by atoms with van der Waals surface area (Å²) in [7, 11) is 1.70. The second-order valence-corrected chi connectivity index (χ2v) is 4.99. The molecule has 0 radical (unpaired) electrons. The number of hydrogen-bond donors (Lipinski definition) is 0. The first-order valence-corrected chi connectivity index (χ1v) is 6.75. The van der Waals surface area contributed by atoms with Gasteiger partial charge in [-0.05, 0) is 11.6 Å². The minimum absolute atomic E-state index is 0.0911. The minimum Gasteiger partial charge on any atom is -0.297 e. The number of nitrogens with zero attached hydrogens (tertiary/aromatic N) is 3. The van der Waals surface area contributed by atoms with E-state index in [1.54, 1.807) is 31.7 Å². The molecule has 1 unspecified atom stereocenters. The molecule has 20 heavy (non-hydrogen) atoms. The molecule has 2 aliphatic rings. The van der Waals surface area contributed by atoms with Crippen LogP contribution in [0, 0.1) is 0 Å². The molecule has 0 saturated carbocycles. The molecular weight excluding hydrogens is 278 g/mol. The van der Waals surface area contributed by atoms with E-state index in [2.05, 4.69) is 10.1 Å². The predicted molar refractivity (Wildman–Crippen MR) is 75.3 cm³/mol. The second kappa shape index (κ2) is 4.83. The van der Waals surface area contributed by atoms with E-state index in [4.69, 9.17) is 11.6 Å². The van der Waals surface area contributed by atoms with Crippen LogP contribution in [0.1, 0.15) is 28.4 Å². The van der Waals surface area contributed by atoms with Crippen molar-refractivity contribution in [1.82, 2.24) is 9.78 Å². The second-order valence-electron chi connectivity index (χ2n) is 4.72. The zero-order valence-electron chi connectivity index (χ0n) is 10.8. The van der Waals surface area contributed by atoms with E-state index in [1.807, 2.05) is 0 Å². The first kappa shape index (κ1) is 13.0. The fraction of sp³-hybridized carbons (Fsp3) is 0.286. The zero-order chi connectivity index (χ0) is 14.3. The number of alkyl halides is 1. The monoisotopic (exact) mass is 289 g/mol. The number of fused-ring (bicyclic) bond motifs is 1. The van der Waals surface area contributed by atoms with Crippen LogP contribution in [0.4, 0.5) is 0 Å². The highest BCUT2D eigenvalue weighted by Gasteiger charge is 2.38. The Hall–Kier alpha value is -2.01. The molecule has 6 heteroatoms.